The van der Waals surface area contributed by atoms with Gasteiger partial charge in [-0.05, 0) is 25.7 Å². The van der Waals surface area contributed by atoms with E-state index in [1.165, 1.54) is 12.8 Å². The molecule has 64 valence electrons. The maximum Gasteiger partial charge on any atom is 0.0404 e. The molecule has 0 aromatic rings. The molecule has 0 aromatic carbocycles. The van der Waals surface area contributed by atoms with E-state index in [9.17, 15) is 0 Å². The Balaban J connectivity index is 1.97. The second-order valence-electron chi connectivity index (χ2n) is 3.16. The van der Waals surface area contributed by atoms with Crippen molar-refractivity contribution in [2.75, 3.05) is 12.4 Å². The Morgan fingerprint density at radius 3 is 2.82 bits per heavy atom. The van der Waals surface area contributed by atoms with E-state index in [0.29, 0.717) is 11.9 Å². The summed E-state index contributed by atoms with van der Waals surface area (Å²) < 4.78 is 0. The van der Waals surface area contributed by atoms with E-state index in [2.05, 4.69) is 18.3 Å². The van der Waals surface area contributed by atoms with Gasteiger partial charge in [-0.15, -0.1) is 11.6 Å². The van der Waals surface area contributed by atoms with Gasteiger partial charge in [-0.25, -0.2) is 0 Å². The molecule has 11 heavy (non-hydrogen) atoms. The van der Waals surface area contributed by atoms with Gasteiger partial charge in [0.25, 0.3) is 0 Å². The molecule has 0 aromatic heterocycles. The highest BCUT2D eigenvalue weighted by Gasteiger charge is 2.26. The molecule has 1 aliphatic rings. The van der Waals surface area contributed by atoms with Crippen molar-refractivity contribution in [1.29, 1.82) is 0 Å². The second kappa shape index (κ2) is 4.78. The molecule has 0 aliphatic heterocycles. The van der Waals surface area contributed by atoms with Crippen LogP contribution >= 0.6 is 11.6 Å². The van der Waals surface area contributed by atoms with Crippen LogP contribution in [0, 0.1) is 5.92 Å². The second-order valence-corrected chi connectivity index (χ2v) is 3.47. The fourth-order valence-corrected chi connectivity index (χ4v) is 1.29. The van der Waals surface area contributed by atoms with Crippen LogP contribution in [0.4, 0.5) is 0 Å². The van der Waals surface area contributed by atoms with Gasteiger partial charge in [0.1, 0.15) is 0 Å². The van der Waals surface area contributed by atoms with Crippen molar-refractivity contribution in [2.24, 2.45) is 5.92 Å². The fraction of sp³-hybridized carbons (Fsp3) is 0.778. The van der Waals surface area contributed by atoms with Gasteiger partial charge in [-0.1, -0.05) is 12.2 Å². The predicted octanol–water partition coefficient (Wildman–Crippen LogP) is 2.17. The summed E-state index contributed by atoms with van der Waals surface area (Å²) in [6.45, 7) is 3.22. The lowest BCUT2D eigenvalue weighted by molar-refractivity contribution is 0.524. The van der Waals surface area contributed by atoms with Crippen LogP contribution in [0.5, 0.6) is 0 Å². The van der Waals surface area contributed by atoms with Crippen LogP contribution in [0.3, 0.4) is 0 Å². The minimum Gasteiger partial charge on any atom is -0.311 e. The van der Waals surface area contributed by atoms with Gasteiger partial charge in [0.15, 0.2) is 0 Å². The molecule has 1 fully saturated rings. The minimum absolute atomic E-state index is 0.624. The van der Waals surface area contributed by atoms with E-state index in [4.69, 9.17) is 11.6 Å². The quantitative estimate of drug-likeness (QED) is 0.497. The highest BCUT2D eigenvalue weighted by atomic mass is 35.5. The Labute approximate surface area is 73.8 Å². The largest absolute Gasteiger partial charge is 0.311 e. The number of halogens is 1. The molecule has 0 spiro atoms. The van der Waals surface area contributed by atoms with Crippen molar-refractivity contribution in [2.45, 2.75) is 25.8 Å². The Kier molecular flexibility index (Phi) is 3.95. The molecule has 1 atom stereocenters. The third-order valence-corrected chi connectivity index (χ3v) is 2.32. The molecule has 0 amide bonds. The summed E-state index contributed by atoms with van der Waals surface area (Å²) in [5.74, 6) is 1.57. The highest BCUT2D eigenvalue weighted by Crippen LogP contribution is 2.32. The first-order valence-electron chi connectivity index (χ1n) is 4.29. The first-order chi connectivity index (χ1) is 5.34. The van der Waals surface area contributed by atoms with Crippen LogP contribution in [0.1, 0.15) is 19.8 Å². The van der Waals surface area contributed by atoms with Crippen LogP contribution in [0.15, 0.2) is 12.2 Å². The summed E-state index contributed by atoms with van der Waals surface area (Å²) in [4.78, 5) is 0. The van der Waals surface area contributed by atoms with Crippen molar-refractivity contribution in [3.63, 3.8) is 0 Å². The molecule has 1 nitrogen and oxygen atoms in total. The summed E-state index contributed by atoms with van der Waals surface area (Å²) in [5, 5.41) is 3.43. The maximum absolute atomic E-state index is 5.48. The molecule has 0 bridgehead atoms. The molecule has 2 heteroatoms. The fourth-order valence-electron chi connectivity index (χ4n) is 1.16. The zero-order valence-corrected chi connectivity index (χ0v) is 7.77. The van der Waals surface area contributed by atoms with Crippen molar-refractivity contribution in [3.8, 4) is 0 Å². The van der Waals surface area contributed by atoms with Crippen LogP contribution in [-0.4, -0.2) is 18.5 Å². The molecule has 1 unspecified atom stereocenters. The number of hydrogen-bond donors (Lipinski definition) is 1. The van der Waals surface area contributed by atoms with Crippen LogP contribution in [-0.2, 0) is 0 Å². The molecule has 1 rings (SSSR count). The van der Waals surface area contributed by atoms with Gasteiger partial charge < -0.3 is 5.32 Å². The first kappa shape index (κ1) is 9.08. The monoisotopic (exact) mass is 173 g/mol. The van der Waals surface area contributed by atoms with E-state index >= 15 is 0 Å². The average Bonchev–Trinajstić information content (AvgIpc) is 2.79. The number of allylic oxidation sites excluding steroid dienone is 1. The van der Waals surface area contributed by atoms with Crippen molar-refractivity contribution in [3.05, 3.63) is 12.2 Å². The predicted molar refractivity (Wildman–Crippen MR) is 50.0 cm³/mol. The van der Waals surface area contributed by atoms with Gasteiger partial charge in [-0.3, -0.25) is 0 Å². The Bertz CT molecular complexity index is 130. The van der Waals surface area contributed by atoms with Crippen LogP contribution < -0.4 is 5.32 Å². The van der Waals surface area contributed by atoms with Crippen LogP contribution in [0.25, 0.3) is 0 Å². The molecule has 0 radical (unpaired) electrons. The van der Waals surface area contributed by atoms with E-state index in [-0.39, 0.29) is 0 Å². The molecule has 0 heterocycles. The third kappa shape index (κ3) is 3.78. The lowest BCUT2D eigenvalue weighted by atomic mass is 10.2. The summed E-state index contributed by atoms with van der Waals surface area (Å²) in [7, 11) is 0. The van der Waals surface area contributed by atoms with Crippen molar-refractivity contribution < 1.29 is 0 Å². The molecular weight excluding hydrogens is 158 g/mol. The summed E-state index contributed by atoms with van der Waals surface area (Å²) in [6.07, 6.45) is 6.89. The van der Waals surface area contributed by atoms with Crippen molar-refractivity contribution in [1.82, 2.24) is 5.32 Å². The summed E-state index contributed by atoms with van der Waals surface area (Å²) in [5.41, 5.74) is 0. The zero-order valence-electron chi connectivity index (χ0n) is 7.02. The Morgan fingerprint density at radius 2 is 2.27 bits per heavy atom. The minimum atomic E-state index is 0.624. The van der Waals surface area contributed by atoms with Gasteiger partial charge in [-0.2, -0.15) is 0 Å². The van der Waals surface area contributed by atoms with E-state index in [1.54, 1.807) is 0 Å². The Hall–Kier alpha value is -0.0100. The van der Waals surface area contributed by atoms with Gasteiger partial charge in [0, 0.05) is 18.5 Å². The topological polar surface area (TPSA) is 12.0 Å². The number of hydrogen-bond acceptors (Lipinski definition) is 1. The lowest BCUT2D eigenvalue weighted by Crippen LogP contribution is -2.27. The molecular formula is C9H16ClN. The number of nitrogens with one attached hydrogen (secondary N) is 1. The Morgan fingerprint density at radius 1 is 1.55 bits per heavy atom. The van der Waals surface area contributed by atoms with Crippen molar-refractivity contribution >= 4 is 11.6 Å². The summed E-state index contributed by atoms with van der Waals surface area (Å²) >= 11 is 5.48. The maximum atomic E-state index is 5.48. The standard InChI is InChI=1S/C9H16ClN/c1-8(9-4-5-9)11-7-3-2-6-10/h2-3,8-9,11H,4-7H2,1H3/b3-2+. The van der Waals surface area contributed by atoms with E-state index in [1.807, 2.05) is 6.08 Å². The number of rotatable bonds is 5. The SMILES string of the molecule is CC(NC/C=C/CCl)C1CC1. The van der Waals surface area contributed by atoms with Crippen LogP contribution in [0.2, 0.25) is 0 Å². The lowest BCUT2D eigenvalue weighted by Gasteiger charge is -2.09. The first-order valence-corrected chi connectivity index (χ1v) is 4.82. The summed E-state index contributed by atoms with van der Waals surface area (Å²) in [6, 6.07) is 0.690. The van der Waals surface area contributed by atoms with E-state index in [0.717, 1.165) is 12.5 Å². The number of alkyl halides is 1. The zero-order chi connectivity index (χ0) is 8.10. The third-order valence-electron chi connectivity index (χ3n) is 2.14. The molecule has 1 N–H and O–H groups in total. The average molecular weight is 174 g/mol. The molecule has 1 saturated carbocycles. The smallest absolute Gasteiger partial charge is 0.0404 e. The van der Waals surface area contributed by atoms with Gasteiger partial charge >= 0.3 is 0 Å². The normalized spacial score (nSPS) is 20.9. The molecule has 0 saturated heterocycles. The molecule has 1 aliphatic carbocycles. The highest BCUT2D eigenvalue weighted by molar-refractivity contribution is 6.18. The van der Waals surface area contributed by atoms with E-state index < -0.39 is 0 Å². The van der Waals surface area contributed by atoms with Gasteiger partial charge in [0.05, 0.1) is 0 Å². The van der Waals surface area contributed by atoms with Gasteiger partial charge in [0.2, 0.25) is 0 Å².